The number of hydrogen-bond donors (Lipinski definition) is 1. The van der Waals surface area contributed by atoms with Gasteiger partial charge < -0.3 is 5.11 Å². The maximum absolute atomic E-state index is 8.98. The van der Waals surface area contributed by atoms with Crippen LogP contribution in [0.1, 0.15) is 18.1 Å². The van der Waals surface area contributed by atoms with Gasteiger partial charge in [-0.25, -0.2) is 0 Å². The predicted molar refractivity (Wildman–Crippen MR) is 70.4 cm³/mol. The Hall–Kier alpha value is -2.04. The molecule has 0 fully saturated rings. The molecule has 0 aromatic heterocycles. The number of benzene rings is 2. The molecule has 0 amide bonds. The van der Waals surface area contributed by atoms with Gasteiger partial charge in [0.15, 0.2) is 0 Å². The Bertz CT molecular complexity index is 539. The third-order valence-corrected chi connectivity index (χ3v) is 2.62. The second-order valence-corrected chi connectivity index (χ2v) is 3.81. The minimum Gasteiger partial charge on any atom is -0.392 e. The van der Waals surface area contributed by atoms with E-state index in [0.717, 1.165) is 22.3 Å². The van der Waals surface area contributed by atoms with Crippen LogP contribution in [0, 0.1) is 11.8 Å². The van der Waals surface area contributed by atoms with E-state index in [1.165, 1.54) is 0 Å². The van der Waals surface area contributed by atoms with Crippen molar-refractivity contribution in [3.8, 4) is 23.0 Å². The SMILES string of the molecule is CC#Cc1ccc(-c2ccc(CO)cc2)cc1. The van der Waals surface area contributed by atoms with Gasteiger partial charge in [-0.3, -0.25) is 0 Å². The maximum Gasteiger partial charge on any atom is 0.0681 e. The maximum atomic E-state index is 8.98. The minimum absolute atomic E-state index is 0.0886. The van der Waals surface area contributed by atoms with Crippen molar-refractivity contribution >= 4 is 0 Å². The fourth-order valence-electron chi connectivity index (χ4n) is 1.69. The van der Waals surface area contributed by atoms with Crippen LogP contribution in [0.2, 0.25) is 0 Å². The molecule has 0 spiro atoms. The van der Waals surface area contributed by atoms with Crippen LogP contribution >= 0.6 is 0 Å². The van der Waals surface area contributed by atoms with Gasteiger partial charge in [0, 0.05) is 5.56 Å². The molecule has 2 aromatic carbocycles. The summed E-state index contributed by atoms with van der Waals surface area (Å²) in [6, 6.07) is 16.1. The first-order valence-corrected chi connectivity index (χ1v) is 5.56. The summed E-state index contributed by atoms with van der Waals surface area (Å²) in [5, 5.41) is 8.98. The molecule has 84 valence electrons. The lowest BCUT2D eigenvalue weighted by Crippen LogP contribution is -1.83. The molecule has 0 unspecified atom stereocenters. The Labute approximate surface area is 102 Å². The van der Waals surface area contributed by atoms with Gasteiger partial charge in [0.1, 0.15) is 0 Å². The summed E-state index contributed by atoms with van der Waals surface area (Å²) >= 11 is 0. The van der Waals surface area contributed by atoms with Gasteiger partial charge in [-0.1, -0.05) is 42.3 Å². The lowest BCUT2D eigenvalue weighted by atomic mass is 10.0. The van der Waals surface area contributed by atoms with E-state index in [1.807, 2.05) is 43.3 Å². The number of aliphatic hydroxyl groups is 1. The molecule has 1 heteroatoms. The van der Waals surface area contributed by atoms with Crippen LogP contribution in [0.4, 0.5) is 0 Å². The van der Waals surface area contributed by atoms with Gasteiger partial charge >= 0.3 is 0 Å². The molecule has 0 aliphatic rings. The molecule has 0 heterocycles. The average Bonchev–Trinajstić information content (AvgIpc) is 2.40. The minimum atomic E-state index is 0.0886. The lowest BCUT2D eigenvalue weighted by Gasteiger charge is -2.03. The molecule has 0 aliphatic carbocycles. The Kier molecular flexibility index (Phi) is 3.59. The van der Waals surface area contributed by atoms with Gasteiger partial charge in [0.25, 0.3) is 0 Å². The third-order valence-electron chi connectivity index (χ3n) is 2.62. The van der Waals surface area contributed by atoms with Crippen molar-refractivity contribution in [1.82, 2.24) is 0 Å². The van der Waals surface area contributed by atoms with Crippen LogP contribution in [0.15, 0.2) is 48.5 Å². The molecule has 1 N–H and O–H groups in total. The fraction of sp³-hybridized carbons (Fsp3) is 0.125. The van der Waals surface area contributed by atoms with Crippen molar-refractivity contribution in [1.29, 1.82) is 0 Å². The second-order valence-electron chi connectivity index (χ2n) is 3.81. The predicted octanol–water partition coefficient (Wildman–Crippen LogP) is 3.22. The molecule has 0 atom stereocenters. The first-order valence-electron chi connectivity index (χ1n) is 5.56. The van der Waals surface area contributed by atoms with E-state index in [9.17, 15) is 0 Å². The number of rotatable bonds is 2. The van der Waals surface area contributed by atoms with E-state index >= 15 is 0 Å². The van der Waals surface area contributed by atoms with E-state index in [1.54, 1.807) is 0 Å². The van der Waals surface area contributed by atoms with E-state index in [-0.39, 0.29) is 6.61 Å². The Morgan fingerprint density at radius 2 is 1.41 bits per heavy atom. The molecule has 2 aromatic rings. The van der Waals surface area contributed by atoms with E-state index in [2.05, 4.69) is 24.0 Å². The summed E-state index contributed by atoms with van der Waals surface area (Å²) in [6.45, 7) is 1.92. The van der Waals surface area contributed by atoms with E-state index in [0.29, 0.717) is 0 Å². The average molecular weight is 222 g/mol. The summed E-state index contributed by atoms with van der Waals surface area (Å²) in [6.07, 6.45) is 0. The van der Waals surface area contributed by atoms with E-state index < -0.39 is 0 Å². The summed E-state index contributed by atoms with van der Waals surface area (Å²) in [7, 11) is 0. The normalized spacial score (nSPS) is 9.53. The Balaban J connectivity index is 2.28. The summed E-state index contributed by atoms with van der Waals surface area (Å²) in [5.41, 5.74) is 4.28. The Morgan fingerprint density at radius 3 is 1.88 bits per heavy atom. The smallest absolute Gasteiger partial charge is 0.0681 e. The van der Waals surface area contributed by atoms with Crippen LogP contribution < -0.4 is 0 Å². The zero-order valence-corrected chi connectivity index (χ0v) is 9.77. The zero-order valence-electron chi connectivity index (χ0n) is 9.77. The topological polar surface area (TPSA) is 20.2 Å². The summed E-state index contributed by atoms with van der Waals surface area (Å²) in [4.78, 5) is 0. The molecule has 0 saturated heterocycles. The largest absolute Gasteiger partial charge is 0.392 e. The van der Waals surface area contributed by atoms with Crippen molar-refractivity contribution in [3.05, 3.63) is 59.7 Å². The quantitative estimate of drug-likeness (QED) is 0.773. The highest BCUT2D eigenvalue weighted by Gasteiger charge is 1.97. The van der Waals surface area contributed by atoms with Crippen LogP contribution in [0.25, 0.3) is 11.1 Å². The molecule has 0 radical (unpaired) electrons. The van der Waals surface area contributed by atoms with Gasteiger partial charge in [-0.05, 0) is 35.7 Å². The molecule has 1 nitrogen and oxygen atoms in total. The molecule has 0 bridgehead atoms. The molecule has 0 saturated carbocycles. The van der Waals surface area contributed by atoms with Crippen LogP contribution in [-0.4, -0.2) is 5.11 Å². The second kappa shape index (κ2) is 5.34. The van der Waals surface area contributed by atoms with Gasteiger partial charge in [-0.2, -0.15) is 0 Å². The highest BCUT2D eigenvalue weighted by molar-refractivity contribution is 5.64. The van der Waals surface area contributed by atoms with Gasteiger partial charge in [-0.15, -0.1) is 5.92 Å². The number of aliphatic hydroxyl groups excluding tert-OH is 1. The molecule has 17 heavy (non-hydrogen) atoms. The van der Waals surface area contributed by atoms with Gasteiger partial charge in [0.05, 0.1) is 6.61 Å². The van der Waals surface area contributed by atoms with Crippen molar-refractivity contribution in [3.63, 3.8) is 0 Å². The molecular weight excluding hydrogens is 208 g/mol. The van der Waals surface area contributed by atoms with Gasteiger partial charge in [0.2, 0.25) is 0 Å². The summed E-state index contributed by atoms with van der Waals surface area (Å²) < 4.78 is 0. The molecule has 2 rings (SSSR count). The van der Waals surface area contributed by atoms with E-state index in [4.69, 9.17) is 5.11 Å². The third kappa shape index (κ3) is 2.75. The zero-order chi connectivity index (χ0) is 12.1. The van der Waals surface area contributed by atoms with Crippen molar-refractivity contribution in [2.75, 3.05) is 0 Å². The van der Waals surface area contributed by atoms with Crippen LogP contribution in [0.3, 0.4) is 0 Å². The highest BCUT2D eigenvalue weighted by atomic mass is 16.3. The molecule has 0 aliphatic heterocycles. The molecular formula is C16H14O. The first kappa shape index (κ1) is 11.4. The monoisotopic (exact) mass is 222 g/mol. The first-order chi connectivity index (χ1) is 8.33. The lowest BCUT2D eigenvalue weighted by molar-refractivity contribution is 0.282. The number of hydrogen-bond acceptors (Lipinski definition) is 1. The standard InChI is InChI=1S/C16H14O/c1-2-3-13-4-8-15(9-5-13)16-10-6-14(12-17)7-11-16/h4-11,17H,12H2,1H3. The van der Waals surface area contributed by atoms with Crippen molar-refractivity contribution < 1.29 is 5.11 Å². The van der Waals surface area contributed by atoms with Crippen LogP contribution in [0.5, 0.6) is 0 Å². The summed E-state index contributed by atoms with van der Waals surface area (Å²) in [5.74, 6) is 5.90. The highest BCUT2D eigenvalue weighted by Crippen LogP contribution is 2.20. The Morgan fingerprint density at radius 1 is 0.882 bits per heavy atom. The van der Waals surface area contributed by atoms with Crippen molar-refractivity contribution in [2.45, 2.75) is 13.5 Å². The van der Waals surface area contributed by atoms with Crippen LogP contribution in [-0.2, 0) is 6.61 Å². The fourth-order valence-corrected chi connectivity index (χ4v) is 1.69. The van der Waals surface area contributed by atoms with Crippen molar-refractivity contribution in [2.24, 2.45) is 0 Å².